The molecule has 0 aromatic heterocycles. The first-order valence-corrected chi connectivity index (χ1v) is 6.55. The zero-order valence-electron chi connectivity index (χ0n) is 12.4. The number of nitrogens with one attached hydrogen (secondary N) is 1. The topological polar surface area (TPSA) is 56.5 Å². The van der Waals surface area contributed by atoms with Crippen molar-refractivity contribution in [1.82, 2.24) is 0 Å². The molecule has 5 heteroatoms. The SMILES string of the molecule is COc1ccc(CNc2cc(C)c(F)cc2N)c(OC)c1. The summed E-state index contributed by atoms with van der Waals surface area (Å²) in [5.74, 6) is 1.15. The largest absolute Gasteiger partial charge is 0.497 e. The van der Waals surface area contributed by atoms with Gasteiger partial charge in [-0.05, 0) is 36.8 Å². The van der Waals surface area contributed by atoms with E-state index in [1.165, 1.54) is 6.07 Å². The van der Waals surface area contributed by atoms with Gasteiger partial charge in [0.1, 0.15) is 17.3 Å². The van der Waals surface area contributed by atoms with E-state index in [4.69, 9.17) is 15.2 Å². The fourth-order valence-corrected chi connectivity index (χ4v) is 2.04. The third-order valence-corrected chi connectivity index (χ3v) is 3.29. The number of methoxy groups -OCH3 is 2. The summed E-state index contributed by atoms with van der Waals surface area (Å²) in [6, 6.07) is 8.61. The average Bonchev–Trinajstić information content (AvgIpc) is 2.49. The average molecular weight is 290 g/mol. The van der Waals surface area contributed by atoms with Gasteiger partial charge in [0.25, 0.3) is 0 Å². The maximum atomic E-state index is 13.4. The van der Waals surface area contributed by atoms with Gasteiger partial charge < -0.3 is 20.5 Å². The van der Waals surface area contributed by atoms with E-state index >= 15 is 0 Å². The molecule has 0 aliphatic heterocycles. The second-order valence-electron chi connectivity index (χ2n) is 4.72. The van der Waals surface area contributed by atoms with Crippen molar-refractivity contribution in [2.75, 3.05) is 25.3 Å². The van der Waals surface area contributed by atoms with E-state index in [9.17, 15) is 4.39 Å². The summed E-state index contributed by atoms with van der Waals surface area (Å²) in [4.78, 5) is 0. The molecule has 0 aliphatic rings. The van der Waals surface area contributed by atoms with Crippen LogP contribution >= 0.6 is 0 Å². The Bertz CT molecular complexity index is 644. The second kappa shape index (κ2) is 6.35. The van der Waals surface area contributed by atoms with Crippen molar-refractivity contribution in [2.24, 2.45) is 0 Å². The molecule has 0 saturated carbocycles. The second-order valence-corrected chi connectivity index (χ2v) is 4.72. The first kappa shape index (κ1) is 15.0. The lowest BCUT2D eigenvalue weighted by Crippen LogP contribution is -2.05. The maximum absolute atomic E-state index is 13.4. The first-order valence-electron chi connectivity index (χ1n) is 6.55. The lowest BCUT2D eigenvalue weighted by molar-refractivity contribution is 0.391. The summed E-state index contributed by atoms with van der Waals surface area (Å²) in [7, 11) is 3.21. The van der Waals surface area contributed by atoms with E-state index in [1.54, 1.807) is 27.2 Å². The number of anilines is 2. The fourth-order valence-electron chi connectivity index (χ4n) is 2.04. The molecule has 2 aromatic rings. The molecular weight excluding hydrogens is 271 g/mol. The Labute approximate surface area is 123 Å². The standard InChI is InChI=1S/C16H19FN2O2/c1-10-6-15(14(18)8-13(10)17)19-9-11-4-5-12(20-2)7-16(11)21-3/h4-8,19H,9,18H2,1-3H3. The Balaban J connectivity index is 2.18. The van der Waals surface area contributed by atoms with E-state index < -0.39 is 0 Å². The highest BCUT2D eigenvalue weighted by atomic mass is 19.1. The van der Waals surface area contributed by atoms with Crippen LogP contribution in [-0.2, 0) is 6.54 Å². The van der Waals surface area contributed by atoms with Gasteiger partial charge in [-0.3, -0.25) is 0 Å². The molecule has 0 spiro atoms. The number of nitrogens with two attached hydrogens (primary N) is 1. The van der Waals surface area contributed by atoms with E-state index in [0.29, 0.717) is 23.5 Å². The monoisotopic (exact) mass is 290 g/mol. The van der Waals surface area contributed by atoms with Crippen LogP contribution in [0.1, 0.15) is 11.1 Å². The number of ether oxygens (including phenoxy) is 2. The molecule has 2 aromatic carbocycles. The molecule has 0 bridgehead atoms. The molecule has 2 rings (SSSR count). The van der Waals surface area contributed by atoms with Crippen molar-refractivity contribution in [3.8, 4) is 11.5 Å². The first-order chi connectivity index (χ1) is 10.0. The molecule has 0 amide bonds. The summed E-state index contributed by atoms with van der Waals surface area (Å²) in [5.41, 5.74) is 8.41. The molecule has 3 N–H and O–H groups in total. The molecule has 0 unspecified atom stereocenters. The minimum Gasteiger partial charge on any atom is -0.497 e. The third kappa shape index (κ3) is 3.37. The van der Waals surface area contributed by atoms with Gasteiger partial charge in [-0.15, -0.1) is 0 Å². The number of aryl methyl sites for hydroxylation is 1. The van der Waals surface area contributed by atoms with Gasteiger partial charge in [0.05, 0.1) is 25.6 Å². The summed E-state index contributed by atoms with van der Waals surface area (Å²) in [5, 5.41) is 3.20. The highest BCUT2D eigenvalue weighted by molar-refractivity contribution is 5.67. The van der Waals surface area contributed by atoms with Gasteiger partial charge >= 0.3 is 0 Å². The van der Waals surface area contributed by atoms with Crippen LogP contribution in [0.25, 0.3) is 0 Å². The fraction of sp³-hybridized carbons (Fsp3) is 0.250. The van der Waals surface area contributed by atoms with E-state index in [-0.39, 0.29) is 5.82 Å². The molecule has 0 radical (unpaired) electrons. The van der Waals surface area contributed by atoms with Gasteiger partial charge in [0.2, 0.25) is 0 Å². The molecule has 112 valence electrons. The van der Waals surface area contributed by atoms with Gasteiger partial charge in [-0.25, -0.2) is 4.39 Å². The predicted molar refractivity (Wildman–Crippen MR) is 82.4 cm³/mol. The quantitative estimate of drug-likeness (QED) is 0.829. The van der Waals surface area contributed by atoms with Crippen molar-refractivity contribution in [3.63, 3.8) is 0 Å². The molecular formula is C16H19FN2O2. The number of benzene rings is 2. The number of rotatable bonds is 5. The van der Waals surface area contributed by atoms with Crippen LogP contribution < -0.4 is 20.5 Å². The molecule has 21 heavy (non-hydrogen) atoms. The van der Waals surface area contributed by atoms with Crippen LogP contribution in [0.5, 0.6) is 11.5 Å². The minimum atomic E-state index is -0.305. The smallest absolute Gasteiger partial charge is 0.128 e. The molecule has 4 nitrogen and oxygen atoms in total. The third-order valence-electron chi connectivity index (χ3n) is 3.29. The highest BCUT2D eigenvalue weighted by Gasteiger charge is 2.08. The Morgan fingerprint density at radius 2 is 1.90 bits per heavy atom. The Hall–Kier alpha value is -2.43. The number of halogens is 1. The predicted octanol–water partition coefficient (Wildman–Crippen LogP) is 3.35. The molecule has 0 heterocycles. The van der Waals surface area contributed by atoms with Crippen LogP contribution in [0.15, 0.2) is 30.3 Å². The molecule has 0 aliphatic carbocycles. The van der Waals surface area contributed by atoms with Crippen LogP contribution in [0.4, 0.5) is 15.8 Å². The zero-order chi connectivity index (χ0) is 15.4. The number of hydrogen-bond acceptors (Lipinski definition) is 4. The highest BCUT2D eigenvalue weighted by Crippen LogP contribution is 2.27. The normalized spacial score (nSPS) is 10.3. The van der Waals surface area contributed by atoms with Gasteiger partial charge in [0, 0.05) is 18.2 Å². The summed E-state index contributed by atoms with van der Waals surface area (Å²) >= 11 is 0. The minimum absolute atomic E-state index is 0.305. The van der Waals surface area contributed by atoms with Crippen LogP contribution in [-0.4, -0.2) is 14.2 Å². The van der Waals surface area contributed by atoms with Gasteiger partial charge in [0.15, 0.2) is 0 Å². The van der Waals surface area contributed by atoms with Crippen LogP contribution in [0, 0.1) is 12.7 Å². The lowest BCUT2D eigenvalue weighted by atomic mass is 10.1. The summed E-state index contributed by atoms with van der Waals surface area (Å²) in [6.45, 7) is 2.22. The van der Waals surface area contributed by atoms with E-state index in [2.05, 4.69) is 5.32 Å². The summed E-state index contributed by atoms with van der Waals surface area (Å²) < 4.78 is 23.9. The Morgan fingerprint density at radius 3 is 2.57 bits per heavy atom. The van der Waals surface area contributed by atoms with Crippen molar-refractivity contribution in [3.05, 3.63) is 47.3 Å². The lowest BCUT2D eigenvalue weighted by Gasteiger charge is -2.14. The Kier molecular flexibility index (Phi) is 4.52. The van der Waals surface area contributed by atoms with Crippen molar-refractivity contribution in [2.45, 2.75) is 13.5 Å². The zero-order valence-corrected chi connectivity index (χ0v) is 12.4. The molecule has 0 fully saturated rings. The summed E-state index contributed by atoms with van der Waals surface area (Å²) in [6.07, 6.45) is 0. The number of hydrogen-bond donors (Lipinski definition) is 2. The Morgan fingerprint density at radius 1 is 1.14 bits per heavy atom. The van der Waals surface area contributed by atoms with Crippen LogP contribution in [0.2, 0.25) is 0 Å². The van der Waals surface area contributed by atoms with Crippen molar-refractivity contribution < 1.29 is 13.9 Å². The van der Waals surface area contributed by atoms with E-state index in [0.717, 1.165) is 17.1 Å². The van der Waals surface area contributed by atoms with Crippen molar-refractivity contribution in [1.29, 1.82) is 0 Å². The molecule has 0 atom stereocenters. The maximum Gasteiger partial charge on any atom is 0.128 e. The van der Waals surface area contributed by atoms with Crippen LogP contribution in [0.3, 0.4) is 0 Å². The molecule has 0 saturated heterocycles. The van der Waals surface area contributed by atoms with Crippen molar-refractivity contribution >= 4 is 11.4 Å². The number of nitrogen functional groups attached to an aromatic ring is 1. The van der Waals surface area contributed by atoms with E-state index in [1.807, 2.05) is 18.2 Å². The van der Waals surface area contributed by atoms with Gasteiger partial charge in [-0.1, -0.05) is 0 Å². The van der Waals surface area contributed by atoms with Gasteiger partial charge in [-0.2, -0.15) is 0 Å².